The molecule has 6 aliphatic rings. The van der Waals surface area contributed by atoms with Crippen LogP contribution in [0, 0.1) is 59.2 Å². The van der Waals surface area contributed by atoms with E-state index in [1.54, 1.807) is 44.9 Å². The second kappa shape index (κ2) is 9.60. The summed E-state index contributed by atoms with van der Waals surface area (Å²) in [6.45, 7) is 0. The summed E-state index contributed by atoms with van der Waals surface area (Å²) < 4.78 is 5.75. The number of rotatable bonds is 1. The SMILES string of the molecule is c1ccc2c(c1)sc1cc3c4ccccc4n(C4CCC5C(C4)C4CCCC6C7CCCCC7C7CCCC5C7C64)c3cc12. The molecule has 0 saturated heterocycles. The third kappa shape index (κ3) is 3.42. The van der Waals surface area contributed by atoms with E-state index < -0.39 is 0 Å². The fourth-order valence-electron chi connectivity index (χ4n) is 14.0. The van der Waals surface area contributed by atoms with E-state index in [-0.39, 0.29) is 0 Å². The molecule has 11 rings (SSSR count). The number of para-hydroxylation sites is 1. The van der Waals surface area contributed by atoms with Gasteiger partial charge in [0.15, 0.2) is 0 Å². The molecule has 11 atom stereocenters. The van der Waals surface area contributed by atoms with Gasteiger partial charge in [-0.05, 0) is 141 Å². The molecule has 6 aliphatic carbocycles. The van der Waals surface area contributed by atoms with Crippen LogP contribution in [0.2, 0.25) is 0 Å². The number of thiophene rings is 1. The molecule has 0 aliphatic heterocycles. The Morgan fingerprint density at radius 2 is 1.07 bits per heavy atom. The smallest absolute Gasteiger partial charge is 0.0501 e. The first-order valence-electron chi connectivity index (χ1n) is 18.7. The standard InChI is InChI=1S/C42H47NS/c1-2-10-26-25(9-1)30-13-7-15-32-27-20-19-24(21-34(27)33-16-8-14-31(26)42(33)41(30)32)43-37-17-5-3-11-28(37)35-23-40-36(22-38(35)43)29-12-4-6-18-39(29)44-40/h3-6,11-12,17-18,22-27,30-34,41-42H,1-2,7-10,13-16,19-21H2. The Bertz CT molecular complexity index is 1910. The molecule has 226 valence electrons. The summed E-state index contributed by atoms with van der Waals surface area (Å²) in [7, 11) is 0. The number of fused-ring (bicyclic) bond motifs is 12. The molecule has 5 aromatic rings. The minimum absolute atomic E-state index is 0.642. The van der Waals surface area contributed by atoms with Gasteiger partial charge in [-0.1, -0.05) is 62.1 Å². The van der Waals surface area contributed by atoms with Crippen LogP contribution in [0.3, 0.4) is 0 Å². The number of benzene rings is 3. The van der Waals surface area contributed by atoms with E-state index in [2.05, 4.69) is 65.2 Å². The lowest BCUT2D eigenvalue weighted by Gasteiger charge is -2.67. The number of nitrogens with zero attached hydrogens (tertiary/aromatic N) is 1. The van der Waals surface area contributed by atoms with E-state index in [9.17, 15) is 0 Å². The van der Waals surface area contributed by atoms with Crippen LogP contribution in [-0.4, -0.2) is 4.57 Å². The van der Waals surface area contributed by atoms with Crippen LogP contribution in [0.1, 0.15) is 89.5 Å². The summed E-state index contributed by atoms with van der Waals surface area (Å²) in [6, 6.07) is 24.3. The van der Waals surface area contributed by atoms with Crippen molar-refractivity contribution >= 4 is 53.3 Å². The second-order valence-corrected chi connectivity index (χ2v) is 17.5. The average molecular weight is 598 g/mol. The highest BCUT2D eigenvalue weighted by Gasteiger charge is 2.62. The molecule has 2 heteroatoms. The Kier molecular flexibility index (Phi) is 5.63. The fourth-order valence-corrected chi connectivity index (χ4v) is 15.2. The minimum Gasteiger partial charge on any atom is -0.337 e. The average Bonchev–Trinajstić information content (AvgIpc) is 3.61. The zero-order valence-electron chi connectivity index (χ0n) is 26.2. The van der Waals surface area contributed by atoms with Crippen molar-refractivity contribution in [2.75, 3.05) is 0 Å². The summed E-state index contributed by atoms with van der Waals surface area (Å²) in [5.41, 5.74) is 2.99. The number of hydrogen-bond acceptors (Lipinski definition) is 1. The summed E-state index contributed by atoms with van der Waals surface area (Å²) in [5, 5.41) is 5.85. The molecule has 2 aromatic heterocycles. The molecule has 3 aromatic carbocycles. The van der Waals surface area contributed by atoms with Crippen LogP contribution in [0.15, 0.2) is 60.7 Å². The van der Waals surface area contributed by atoms with Crippen molar-refractivity contribution in [3.63, 3.8) is 0 Å². The predicted octanol–water partition coefficient (Wildman–Crippen LogP) is 12.0. The normalized spacial score (nSPS) is 39.8. The van der Waals surface area contributed by atoms with Crippen LogP contribution in [0.25, 0.3) is 42.0 Å². The van der Waals surface area contributed by atoms with E-state index in [0.29, 0.717) is 6.04 Å². The van der Waals surface area contributed by atoms with Gasteiger partial charge >= 0.3 is 0 Å². The first-order valence-corrected chi connectivity index (χ1v) is 19.5. The molecule has 0 bridgehead atoms. The van der Waals surface area contributed by atoms with Gasteiger partial charge in [0.05, 0.1) is 5.52 Å². The van der Waals surface area contributed by atoms with Crippen molar-refractivity contribution in [3.05, 3.63) is 60.7 Å². The van der Waals surface area contributed by atoms with Crippen molar-refractivity contribution in [3.8, 4) is 0 Å². The van der Waals surface area contributed by atoms with Gasteiger partial charge in [0.1, 0.15) is 0 Å². The maximum absolute atomic E-state index is 2.88. The minimum atomic E-state index is 0.642. The monoisotopic (exact) mass is 597 g/mol. The molecule has 0 radical (unpaired) electrons. The summed E-state index contributed by atoms with van der Waals surface area (Å²) in [6.07, 6.45) is 19.9. The third-order valence-electron chi connectivity index (χ3n) is 15.1. The topological polar surface area (TPSA) is 4.93 Å². The first-order chi connectivity index (χ1) is 21.8. The van der Waals surface area contributed by atoms with E-state index in [1.807, 2.05) is 11.3 Å². The Balaban J connectivity index is 1.04. The van der Waals surface area contributed by atoms with Crippen molar-refractivity contribution in [1.29, 1.82) is 0 Å². The molecule has 0 amide bonds. The van der Waals surface area contributed by atoms with Gasteiger partial charge < -0.3 is 4.57 Å². The summed E-state index contributed by atoms with van der Waals surface area (Å²) in [4.78, 5) is 0. The number of aromatic nitrogens is 1. The Morgan fingerprint density at radius 1 is 0.455 bits per heavy atom. The highest BCUT2D eigenvalue weighted by Crippen LogP contribution is 2.69. The predicted molar refractivity (Wildman–Crippen MR) is 186 cm³/mol. The molecule has 2 heterocycles. The highest BCUT2D eigenvalue weighted by atomic mass is 32.1. The van der Waals surface area contributed by atoms with Crippen molar-refractivity contribution in [2.45, 2.75) is 89.5 Å². The van der Waals surface area contributed by atoms with Crippen molar-refractivity contribution in [1.82, 2.24) is 4.57 Å². The maximum atomic E-state index is 2.88. The van der Waals surface area contributed by atoms with Crippen molar-refractivity contribution < 1.29 is 0 Å². The Hall–Kier alpha value is -2.32. The van der Waals surface area contributed by atoms with Gasteiger partial charge in [-0.25, -0.2) is 0 Å². The molecule has 0 spiro atoms. The highest BCUT2D eigenvalue weighted by molar-refractivity contribution is 7.25. The van der Waals surface area contributed by atoms with Gasteiger partial charge in [0.2, 0.25) is 0 Å². The quantitative estimate of drug-likeness (QED) is 0.181. The maximum Gasteiger partial charge on any atom is 0.0501 e. The van der Waals surface area contributed by atoms with Gasteiger partial charge in [-0.3, -0.25) is 0 Å². The largest absolute Gasteiger partial charge is 0.337 e. The molecule has 11 unspecified atom stereocenters. The van der Waals surface area contributed by atoms with E-state index in [0.717, 1.165) is 59.2 Å². The summed E-state index contributed by atoms with van der Waals surface area (Å²) in [5.74, 6) is 10.6. The van der Waals surface area contributed by atoms with Crippen LogP contribution < -0.4 is 0 Å². The molecule has 0 N–H and O–H groups in total. The van der Waals surface area contributed by atoms with Crippen LogP contribution >= 0.6 is 11.3 Å². The number of hydrogen-bond donors (Lipinski definition) is 0. The lowest BCUT2D eigenvalue weighted by molar-refractivity contribution is -0.189. The second-order valence-electron chi connectivity index (χ2n) is 16.4. The van der Waals surface area contributed by atoms with E-state index in [1.165, 1.54) is 80.5 Å². The van der Waals surface area contributed by atoms with Crippen LogP contribution in [-0.2, 0) is 0 Å². The lowest BCUT2D eigenvalue weighted by Crippen LogP contribution is -2.61. The van der Waals surface area contributed by atoms with E-state index >= 15 is 0 Å². The zero-order valence-corrected chi connectivity index (χ0v) is 27.0. The third-order valence-corrected chi connectivity index (χ3v) is 16.3. The molecular weight excluding hydrogens is 551 g/mol. The molecule has 6 fully saturated rings. The van der Waals surface area contributed by atoms with Gasteiger partial charge in [-0.2, -0.15) is 0 Å². The van der Waals surface area contributed by atoms with Gasteiger partial charge in [-0.15, -0.1) is 11.3 Å². The van der Waals surface area contributed by atoms with Gasteiger partial charge in [0.25, 0.3) is 0 Å². The molecular formula is C42H47NS. The lowest BCUT2D eigenvalue weighted by atomic mass is 9.38. The molecule has 6 saturated carbocycles. The summed E-state index contributed by atoms with van der Waals surface area (Å²) >= 11 is 1.97. The fraction of sp³-hybridized carbons (Fsp3) is 0.571. The molecule has 44 heavy (non-hydrogen) atoms. The Morgan fingerprint density at radius 3 is 1.82 bits per heavy atom. The van der Waals surface area contributed by atoms with Crippen LogP contribution in [0.4, 0.5) is 0 Å². The first kappa shape index (κ1) is 25.8. The Labute approximate surface area is 266 Å². The zero-order chi connectivity index (χ0) is 28.5. The van der Waals surface area contributed by atoms with E-state index in [4.69, 9.17) is 0 Å². The van der Waals surface area contributed by atoms with Gasteiger partial charge in [0, 0.05) is 42.5 Å². The van der Waals surface area contributed by atoms with Crippen LogP contribution in [0.5, 0.6) is 0 Å². The van der Waals surface area contributed by atoms with Crippen molar-refractivity contribution in [2.24, 2.45) is 59.2 Å². The molecule has 1 nitrogen and oxygen atoms in total.